The molecule has 0 spiro atoms. The van der Waals surface area contributed by atoms with E-state index in [9.17, 15) is 9.59 Å². The minimum atomic E-state index is -0.871. The second kappa shape index (κ2) is 11.0. The number of benzene rings is 3. The van der Waals surface area contributed by atoms with Gasteiger partial charge in [0, 0.05) is 10.6 Å². The van der Waals surface area contributed by atoms with Crippen molar-refractivity contribution >= 4 is 45.7 Å². The summed E-state index contributed by atoms with van der Waals surface area (Å²) >= 11 is 6.24. The maximum atomic E-state index is 13.6. The molecule has 3 aromatic carbocycles. The summed E-state index contributed by atoms with van der Waals surface area (Å²) < 4.78 is 23.5. The number of ether oxygens (including phenoxy) is 3. The Morgan fingerprint density at radius 2 is 1.92 bits per heavy atom. The Bertz CT molecular complexity index is 1770. The van der Waals surface area contributed by atoms with E-state index in [-0.39, 0.29) is 12.4 Å². The Morgan fingerprint density at radius 1 is 1.10 bits per heavy atom. The molecule has 2 aromatic heterocycles. The number of aromatic nitrogens is 2. The van der Waals surface area contributed by atoms with Crippen LogP contribution in [0.2, 0.25) is 5.02 Å². The molecular formula is C29H24ClN3O6. The minimum Gasteiger partial charge on any atom is -0.496 e. The molecule has 0 unspecified atom stereocenters. The fraction of sp³-hybridized carbons (Fsp3) is 0.172. The maximum Gasteiger partial charge on any atom is 0.347 e. The number of nitrogens with zero attached hydrogens (tertiary/aromatic N) is 3. The summed E-state index contributed by atoms with van der Waals surface area (Å²) in [6, 6.07) is 19.0. The summed E-state index contributed by atoms with van der Waals surface area (Å²) in [5.74, 6) is 0.969. The Kier molecular flexibility index (Phi) is 7.33. The first-order valence-electron chi connectivity index (χ1n) is 12.2. The van der Waals surface area contributed by atoms with Crippen LogP contribution in [0, 0.1) is 0 Å². The van der Waals surface area contributed by atoms with Gasteiger partial charge in [-0.25, -0.2) is 9.78 Å². The van der Waals surface area contributed by atoms with Gasteiger partial charge in [-0.1, -0.05) is 29.8 Å². The number of carbonyl (C=O) groups excluding carboxylic acids is 1. The molecular weight excluding hydrogens is 522 g/mol. The van der Waals surface area contributed by atoms with Crippen molar-refractivity contribution in [2.75, 3.05) is 13.7 Å². The molecule has 5 rings (SSSR count). The average Bonchev–Trinajstić information content (AvgIpc) is 3.38. The molecule has 9 nitrogen and oxygen atoms in total. The zero-order valence-corrected chi connectivity index (χ0v) is 22.1. The van der Waals surface area contributed by atoms with Crippen LogP contribution < -0.4 is 15.0 Å². The van der Waals surface area contributed by atoms with Gasteiger partial charge in [-0.3, -0.25) is 4.79 Å². The molecule has 0 saturated carbocycles. The summed E-state index contributed by atoms with van der Waals surface area (Å²) in [5.41, 5.74) is 1.10. The molecule has 0 aliphatic carbocycles. The predicted molar refractivity (Wildman–Crippen MR) is 149 cm³/mol. The number of hydrogen-bond donors (Lipinski definition) is 0. The first-order valence-corrected chi connectivity index (χ1v) is 12.5. The monoisotopic (exact) mass is 545 g/mol. The van der Waals surface area contributed by atoms with Crippen LogP contribution in [0.4, 0.5) is 0 Å². The van der Waals surface area contributed by atoms with Crippen LogP contribution >= 0.6 is 11.6 Å². The number of fused-ring (bicyclic) bond motifs is 2. The highest BCUT2D eigenvalue weighted by Crippen LogP contribution is 2.33. The van der Waals surface area contributed by atoms with Crippen LogP contribution in [0.15, 0.2) is 81.0 Å². The number of furan rings is 1. The van der Waals surface area contributed by atoms with Gasteiger partial charge >= 0.3 is 5.97 Å². The lowest BCUT2D eigenvalue weighted by Crippen LogP contribution is -2.26. The third kappa shape index (κ3) is 5.21. The third-order valence-electron chi connectivity index (χ3n) is 5.92. The van der Waals surface area contributed by atoms with Crippen molar-refractivity contribution < 1.29 is 23.4 Å². The highest BCUT2D eigenvalue weighted by molar-refractivity contribution is 6.30. The van der Waals surface area contributed by atoms with E-state index in [0.717, 1.165) is 10.1 Å². The largest absolute Gasteiger partial charge is 0.496 e. The fourth-order valence-electron chi connectivity index (χ4n) is 4.06. The Labute approximate surface area is 228 Å². The van der Waals surface area contributed by atoms with Gasteiger partial charge in [-0.2, -0.15) is 9.78 Å². The highest BCUT2D eigenvalue weighted by Gasteiger charge is 2.19. The number of para-hydroxylation sites is 1. The van der Waals surface area contributed by atoms with E-state index in [4.69, 9.17) is 35.2 Å². The molecule has 0 amide bonds. The number of esters is 1. The van der Waals surface area contributed by atoms with Crippen LogP contribution in [-0.2, 0) is 9.53 Å². The first kappa shape index (κ1) is 26.0. The van der Waals surface area contributed by atoms with Gasteiger partial charge < -0.3 is 18.6 Å². The summed E-state index contributed by atoms with van der Waals surface area (Å²) in [7, 11) is 1.57. The molecule has 10 heteroatoms. The zero-order valence-electron chi connectivity index (χ0n) is 21.4. The fourth-order valence-corrected chi connectivity index (χ4v) is 4.24. The molecule has 0 bridgehead atoms. The van der Waals surface area contributed by atoms with E-state index in [2.05, 4.69) is 5.10 Å². The van der Waals surface area contributed by atoms with Crippen molar-refractivity contribution in [2.24, 2.45) is 5.10 Å². The minimum absolute atomic E-state index is 0.192. The van der Waals surface area contributed by atoms with E-state index >= 15 is 0 Å². The summed E-state index contributed by atoms with van der Waals surface area (Å²) in [4.78, 5) is 30.4. The summed E-state index contributed by atoms with van der Waals surface area (Å²) in [5, 5.41) is 6.00. The topological polar surface area (TPSA) is 105 Å². The number of carbonyl (C=O) groups is 1. The Balaban J connectivity index is 1.64. The molecule has 198 valence electrons. The van der Waals surface area contributed by atoms with E-state index in [1.54, 1.807) is 75.6 Å². The van der Waals surface area contributed by atoms with Crippen molar-refractivity contribution in [1.29, 1.82) is 0 Å². The van der Waals surface area contributed by atoms with Crippen molar-refractivity contribution in [1.82, 2.24) is 9.66 Å². The lowest BCUT2D eigenvalue weighted by atomic mass is 10.2. The Morgan fingerprint density at radius 3 is 2.72 bits per heavy atom. The standard InChI is InChI=1S/C29H24ClN3O6/c1-4-37-29(35)17(2)38-23-13-12-19(30)14-18(23)16-31-33-27(32-22-9-6-5-8-20(22)28(33)34)26-15-21-24(36-3)10-7-11-25(21)39-26/h5-17H,4H2,1-3H3/t17-/m1/s1. The number of methoxy groups -OCH3 is 1. The van der Waals surface area contributed by atoms with Crippen molar-refractivity contribution in [3.8, 4) is 23.1 Å². The number of hydrogen-bond acceptors (Lipinski definition) is 8. The predicted octanol–water partition coefficient (Wildman–Crippen LogP) is 5.68. The van der Waals surface area contributed by atoms with Crippen molar-refractivity contribution in [2.45, 2.75) is 20.0 Å². The van der Waals surface area contributed by atoms with Gasteiger partial charge in [0.05, 0.1) is 36.2 Å². The molecule has 0 radical (unpaired) electrons. The van der Waals surface area contributed by atoms with Gasteiger partial charge in [0.15, 0.2) is 11.9 Å². The maximum absolute atomic E-state index is 13.6. The van der Waals surface area contributed by atoms with Gasteiger partial charge in [0.1, 0.15) is 17.1 Å². The normalized spacial score (nSPS) is 12.2. The van der Waals surface area contributed by atoms with Gasteiger partial charge in [-0.05, 0) is 62.4 Å². The average molecular weight is 546 g/mol. The van der Waals surface area contributed by atoms with E-state index in [0.29, 0.717) is 44.3 Å². The molecule has 5 aromatic rings. The van der Waals surface area contributed by atoms with Gasteiger partial charge in [0.25, 0.3) is 5.56 Å². The van der Waals surface area contributed by atoms with Crippen molar-refractivity contribution in [3.63, 3.8) is 0 Å². The highest BCUT2D eigenvalue weighted by atomic mass is 35.5. The van der Waals surface area contributed by atoms with Crippen LogP contribution in [0.5, 0.6) is 11.5 Å². The number of halogens is 1. The summed E-state index contributed by atoms with van der Waals surface area (Å²) in [6.07, 6.45) is 0.549. The first-order chi connectivity index (χ1) is 18.9. The quantitative estimate of drug-likeness (QED) is 0.182. The molecule has 0 N–H and O–H groups in total. The molecule has 1 atom stereocenters. The second-order valence-electron chi connectivity index (χ2n) is 8.49. The lowest BCUT2D eigenvalue weighted by Gasteiger charge is -2.15. The SMILES string of the molecule is CCOC(=O)[C@@H](C)Oc1ccc(Cl)cc1C=Nn1c(-c2cc3c(OC)cccc3o2)nc2ccccc2c1=O. The van der Waals surface area contributed by atoms with Gasteiger partial charge in [-0.15, -0.1) is 0 Å². The van der Waals surface area contributed by atoms with Gasteiger partial charge in [0.2, 0.25) is 5.82 Å². The van der Waals surface area contributed by atoms with Crippen LogP contribution in [0.25, 0.3) is 33.5 Å². The number of rotatable bonds is 8. The molecule has 0 saturated heterocycles. The van der Waals surface area contributed by atoms with Crippen LogP contribution in [-0.4, -0.2) is 41.7 Å². The molecule has 0 aliphatic heterocycles. The van der Waals surface area contributed by atoms with Crippen molar-refractivity contribution in [3.05, 3.63) is 87.7 Å². The summed E-state index contributed by atoms with van der Waals surface area (Å²) in [6.45, 7) is 3.53. The zero-order chi connectivity index (χ0) is 27.5. The second-order valence-corrected chi connectivity index (χ2v) is 8.93. The smallest absolute Gasteiger partial charge is 0.347 e. The van der Waals surface area contributed by atoms with Crippen LogP contribution in [0.3, 0.4) is 0 Å². The Hall–Kier alpha value is -4.63. The van der Waals surface area contributed by atoms with Crippen LogP contribution in [0.1, 0.15) is 19.4 Å². The van der Waals surface area contributed by atoms with E-state index < -0.39 is 17.6 Å². The van der Waals surface area contributed by atoms with E-state index in [1.807, 2.05) is 12.1 Å². The lowest BCUT2D eigenvalue weighted by molar-refractivity contribution is -0.150. The molecule has 0 fully saturated rings. The third-order valence-corrected chi connectivity index (χ3v) is 6.16. The van der Waals surface area contributed by atoms with E-state index in [1.165, 1.54) is 6.21 Å². The molecule has 0 aliphatic rings. The molecule has 2 heterocycles. The molecule has 39 heavy (non-hydrogen) atoms.